The molecule has 1 radical (unpaired) electrons. The average molecular weight is 312 g/mol. The molecule has 0 atom stereocenters. The van der Waals surface area contributed by atoms with Crippen LogP contribution < -0.4 is 0 Å². The largest absolute Gasteiger partial charge is 0.241 e. The first-order valence-electron chi connectivity index (χ1n) is 7.49. The molecule has 1 aromatic heterocycles. The van der Waals surface area contributed by atoms with Gasteiger partial charge in [0.1, 0.15) is 5.03 Å². The van der Waals surface area contributed by atoms with Crippen molar-refractivity contribution < 1.29 is 0 Å². The van der Waals surface area contributed by atoms with Gasteiger partial charge >= 0.3 is 0 Å². The van der Waals surface area contributed by atoms with Crippen molar-refractivity contribution in [2.45, 2.75) is 9.92 Å². The quantitative estimate of drug-likeness (QED) is 0.470. The van der Waals surface area contributed by atoms with E-state index in [4.69, 9.17) is 4.98 Å². The van der Waals surface area contributed by atoms with Crippen molar-refractivity contribution in [3.8, 4) is 11.1 Å². The van der Waals surface area contributed by atoms with E-state index in [9.17, 15) is 0 Å². The summed E-state index contributed by atoms with van der Waals surface area (Å²) in [6.07, 6.45) is 0. The Morgan fingerprint density at radius 2 is 1.52 bits per heavy atom. The van der Waals surface area contributed by atoms with Crippen LogP contribution in [0.3, 0.4) is 0 Å². The zero-order valence-electron chi connectivity index (χ0n) is 12.4. The normalized spacial score (nSPS) is 10.8. The number of benzene rings is 3. The zero-order valence-corrected chi connectivity index (χ0v) is 13.3. The van der Waals surface area contributed by atoms with Crippen LogP contribution in [0.5, 0.6) is 0 Å². The first-order valence-corrected chi connectivity index (χ1v) is 8.31. The van der Waals surface area contributed by atoms with Crippen molar-refractivity contribution in [3.63, 3.8) is 0 Å². The molecule has 0 amide bonds. The van der Waals surface area contributed by atoms with Crippen LogP contribution in [0.4, 0.5) is 0 Å². The molecule has 3 aromatic carbocycles. The minimum atomic E-state index is 1.01. The van der Waals surface area contributed by atoms with Gasteiger partial charge in [-0.2, -0.15) is 0 Å². The van der Waals surface area contributed by atoms with Gasteiger partial charge < -0.3 is 0 Å². The second-order valence-electron chi connectivity index (χ2n) is 5.23. The fraction of sp³-hybridized carbons (Fsp3) is 0. The molecule has 0 aliphatic heterocycles. The average Bonchev–Trinajstić information content (AvgIpc) is 2.63. The zero-order chi connectivity index (χ0) is 15.5. The summed E-state index contributed by atoms with van der Waals surface area (Å²) < 4.78 is 0. The summed E-state index contributed by atoms with van der Waals surface area (Å²) in [6.45, 7) is 0. The van der Waals surface area contributed by atoms with E-state index in [2.05, 4.69) is 66.7 Å². The van der Waals surface area contributed by atoms with Crippen LogP contribution in [-0.2, 0) is 0 Å². The number of fused-ring (bicyclic) bond motifs is 1. The highest BCUT2D eigenvalue weighted by Crippen LogP contribution is 2.34. The SMILES string of the molecule is [c]1ccc(Sc2cc(-c3ccccc3)c3ccccc3n2)cc1. The van der Waals surface area contributed by atoms with Gasteiger partial charge in [-0.3, -0.25) is 0 Å². The Morgan fingerprint density at radius 1 is 0.783 bits per heavy atom. The minimum absolute atomic E-state index is 1.01. The smallest absolute Gasteiger partial charge is 0.102 e. The molecule has 0 saturated heterocycles. The van der Waals surface area contributed by atoms with Crippen LogP contribution in [0.2, 0.25) is 0 Å². The Hall–Kier alpha value is -2.58. The van der Waals surface area contributed by atoms with E-state index in [-0.39, 0.29) is 0 Å². The van der Waals surface area contributed by atoms with Gasteiger partial charge in [0.15, 0.2) is 0 Å². The first kappa shape index (κ1) is 14.0. The maximum Gasteiger partial charge on any atom is 0.102 e. The van der Waals surface area contributed by atoms with E-state index in [0.29, 0.717) is 0 Å². The summed E-state index contributed by atoms with van der Waals surface area (Å²) in [5, 5.41) is 2.19. The van der Waals surface area contributed by atoms with Crippen molar-refractivity contribution in [3.05, 3.63) is 91.0 Å². The molecule has 0 saturated carbocycles. The molecular formula is C21H14NS. The molecule has 109 valence electrons. The van der Waals surface area contributed by atoms with Gasteiger partial charge in [-0.25, -0.2) is 4.98 Å². The van der Waals surface area contributed by atoms with Crippen LogP contribution in [0.15, 0.2) is 94.9 Å². The lowest BCUT2D eigenvalue weighted by Gasteiger charge is -2.10. The molecule has 4 aromatic rings. The van der Waals surface area contributed by atoms with E-state index in [0.717, 1.165) is 10.5 Å². The van der Waals surface area contributed by atoms with Crippen LogP contribution >= 0.6 is 11.8 Å². The predicted octanol–water partition coefficient (Wildman–Crippen LogP) is 5.85. The van der Waals surface area contributed by atoms with Gasteiger partial charge in [-0.15, -0.1) is 0 Å². The highest BCUT2D eigenvalue weighted by atomic mass is 32.2. The van der Waals surface area contributed by atoms with Gasteiger partial charge in [-0.05, 0) is 41.5 Å². The highest BCUT2D eigenvalue weighted by molar-refractivity contribution is 7.99. The third-order valence-electron chi connectivity index (χ3n) is 3.69. The maximum absolute atomic E-state index is 4.81. The summed E-state index contributed by atoms with van der Waals surface area (Å²) in [6, 6.07) is 32.0. The number of rotatable bonds is 3. The van der Waals surface area contributed by atoms with E-state index in [1.807, 2.05) is 24.3 Å². The number of pyridine rings is 1. The topological polar surface area (TPSA) is 12.9 Å². The molecule has 0 fully saturated rings. The predicted molar refractivity (Wildman–Crippen MR) is 96.6 cm³/mol. The second-order valence-corrected chi connectivity index (χ2v) is 6.32. The lowest BCUT2D eigenvalue weighted by molar-refractivity contribution is 1.19. The van der Waals surface area contributed by atoms with Crippen LogP contribution in [0.25, 0.3) is 22.0 Å². The third-order valence-corrected chi connectivity index (χ3v) is 4.61. The Balaban J connectivity index is 1.87. The van der Waals surface area contributed by atoms with Gasteiger partial charge in [0.2, 0.25) is 0 Å². The van der Waals surface area contributed by atoms with Crippen molar-refractivity contribution in [2.75, 3.05) is 0 Å². The fourth-order valence-electron chi connectivity index (χ4n) is 2.62. The number of hydrogen-bond acceptors (Lipinski definition) is 2. The van der Waals surface area contributed by atoms with Crippen LogP contribution in [0, 0.1) is 6.07 Å². The van der Waals surface area contributed by atoms with Crippen LogP contribution in [-0.4, -0.2) is 4.98 Å². The number of para-hydroxylation sites is 1. The summed E-state index contributed by atoms with van der Waals surface area (Å²) in [7, 11) is 0. The molecule has 23 heavy (non-hydrogen) atoms. The van der Waals surface area contributed by atoms with Crippen molar-refractivity contribution >= 4 is 22.7 Å². The standard InChI is InChI=1S/C21H14NS/c1-3-9-16(10-4-1)19-15-21(23-17-11-5-2-6-12-17)22-20-14-8-7-13-18(19)20/h1,3-15H. The Morgan fingerprint density at radius 3 is 2.35 bits per heavy atom. The molecule has 1 heterocycles. The molecule has 0 spiro atoms. The molecular weight excluding hydrogens is 298 g/mol. The molecule has 0 bridgehead atoms. The maximum atomic E-state index is 4.81. The number of nitrogens with zero attached hydrogens (tertiary/aromatic N) is 1. The first-order chi connectivity index (χ1) is 11.4. The third kappa shape index (κ3) is 2.99. The van der Waals surface area contributed by atoms with Gasteiger partial charge in [-0.1, -0.05) is 72.4 Å². The highest BCUT2D eigenvalue weighted by Gasteiger charge is 2.08. The summed E-state index contributed by atoms with van der Waals surface area (Å²) in [4.78, 5) is 5.98. The van der Waals surface area contributed by atoms with Crippen molar-refractivity contribution in [1.29, 1.82) is 0 Å². The lowest BCUT2D eigenvalue weighted by Crippen LogP contribution is -1.88. The van der Waals surface area contributed by atoms with Crippen molar-refractivity contribution in [2.24, 2.45) is 0 Å². The number of hydrogen-bond donors (Lipinski definition) is 0. The molecule has 0 N–H and O–H groups in total. The van der Waals surface area contributed by atoms with E-state index < -0.39 is 0 Å². The van der Waals surface area contributed by atoms with Crippen molar-refractivity contribution in [1.82, 2.24) is 4.98 Å². The molecule has 0 unspecified atom stereocenters. The molecule has 2 heteroatoms. The van der Waals surface area contributed by atoms with Gasteiger partial charge in [0.05, 0.1) is 5.52 Å². The molecule has 0 aliphatic rings. The monoisotopic (exact) mass is 312 g/mol. The van der Waals surface area contributed by atoms with E-state index >= 15 is 0 Å². The van der Waals surface area contributed by atoms with E-state index in [1.165, 1.54) is 21.4 Å². The van der Waals surface area contributed by atoms with E-state index in [1.54, 1.807) is 11.8 Å². The Kier molecular flexibility index (Phi) is 3.83. The minimum Gasteiger partial charge on any atom is -0.241 e. The van der Waals surface area contributed by atoms with Gasteiger partial charge in [0.25, 0.3) is 0 Å². The summed E-state index contributed by atoms with van der Waals surface area (Å²) in [5.74, 6) is 0. The number of aromatic nitrogens is 1. The summed E-state index contributed by atoms with van der Waals surface area (Å²) >= 11 is 1.68. The fourth-order valence-corrected chi connectivity index (χ4v) is 3.45. The second kappa shape index (κ2) is 6.27. The van der Waals surface area contributed by atoms with Crippen LogP contribution in [0.1, 0.15) is 0 Å². The lowest BCUT2D eigenvalue weighted by atomic mass is 10.0. The summed E-state index contributed by atoms with van der Waals surface area (Å²) in [5.41, 5.74) is 3.47. The Labute approximate surface area is 140 Å². The molecule has 4 rings (SSSR count). The molecule has 1 nitrogen and oxygen atoms in total. The Bertz CT molecular complexity index is 933. The van der Waals surface area contributed by atoms with Gasteiger partial charge in [0, 0.05) is 10.3 Å². The molecule has 0 aliphatic carbocycles.